The van der Waals surface area contributed by atoms with Crippen molar-refractivity contribution in [3.05, 3.63) is 83.6 Å². The summed E-state index contributed by atoms with van der Waals surface area (Å²) in [5.41, 5.74) is 4.27. The highest BCUT2D eigenvalue weighted by Crippen LogP contribution is 2.26. The van der Waals surface area contributed by atoms with Crippen LogP contribution in [0.15, 0.2) is 71.3 Å². The summed E-state index contributed by atoms with van der Waals surface area (Å²) in [5.74, 6) is 1.18. The molecule has 28 heavy (non-hydrogen) atoms. The van der Waals surface area contributed by atoms with E-state index in [0.717, 1.165) is 22.3 Å². The molecule has 0 unspecified atom stereocenters. The molecule has 2 heterocycles. The molecule has 0 radical (unpaired) electrons. The Bertz CT molecular complexity index is 1130. The summed E-state index contributed by atoms with van der Waals surface area (Å²) in [6.45, 7) is 3.94. The number of nitrogens with one attached hydrogen (secondary N) is 1. The van der Waals surface area contributed by atoms with Crippen molar-refractivity contribution < 1.29 is 9.21 Å². The number of nitrogens with zero attached hydrogens (tertiary/aromatic N) is 3. The van der Waals surface area contributed by atoms with Crippen molar-refractivity contribution in [1.29, 1.82) is 0 Å². The predicted molar refractivity (Wildman–Crippen MR) is 107 cm³/mol. The van der Waals surface area contributed by atoms with E-state index in [0.29, 0.717) is 23.2 Å². The first-order valence-electron chi connectivity index (χ1n) is 8.84. The summed E-state index contributed by atoms with van der Waals surface area (Å²) in [4.78, 5) is 16.5. The van der Waals surface area contributed by atoms with Crippen LogP contribution < -0.4 is 5.32 Å². The van der Waals surface area contributed by atoms with Gasteiger partial charge < -0.3 is 9.73 Å². The Kier molecular flexibility index (Phi) is 4.68. The second-order valence-electron chi connectivity index (χ2n) is 6.48. The lowest BCUT2D eigenvalue weighted by Gasteiger charge is -2.05. The van der Waals surface area contributed by atoms with Crippen LogP contribution in [0.2, 0.25) is 0 Å². The van der Waals surface area contributed by atoms with E-state index in [1.165, 1.54) is 0 Å². The average Bonchev–Trinajstić information content (AvgIpc) is 3.18. The molecule has 0 atom stereocenters. The molecular weight excluding hydrogens is 352 g/mol. The fourth-order valence-electron chi connectivity index (χ4n) is 2.82. The van der Waals surface area contributed by atoms with E-state index in [2.05, 4.69) is 20.5 Å². The lowest BCUT2D eigenvalue weighted by molar-refractivity contribution is 0.102. The zero-order valence-electron chi connectivity index (χ0n) is 15.5. The van der Waals surface area contributed by atoms with Crippen LogP contribution in [-0.2, 0) is 0 Å². The van der Waals surface area contributed by atoms with E-state index in [1.807, 2.05) is 50.2 Å². The van der Waals surface area contributed by atoms with Gasteiger partial charge in [-0.2, -0.15) is 0 Å². The van der Waals surface area contributed by atoms with Crippen molar-refractivity contribution >= 4 is 11.7 Å². The lowest BCUT2D eigenvalue weighted by atomic mass is 10.1. The molecule has 4 rings (SSSR count). The van der Waals surface area contributed by atoms with E-state index in [-0.39, 0.29) is 5.91 Å². The highest BCUT2D eigenvalue weighted by atomic mass is 16.4. The minimum atomic E-state index is -0.226. The molecule has 0 saturated heterocycles. The Labute approximate surface area is 162 Å². The topological polar surface area (TPSA) is 80.9 Å². The predicted octanol–water partition coefficient (Wildman–Crippen LogP) is 4.67. The van der Waals surface area contributed by atoms with Gasteiger partial charge in [-0.05, 0) is 67.4 Å². The number of anilines is 1. The maximum absolute atomic E-state index is 12.4. The summed E-state index contributed by atoms with van der Waals surface area (Å²) < 4.78 is 5.81. The third-order valence-corrected chi connectivity index (χ3v) is 4.35. The summed E-state index contributed by atoms with van der Waals surface area (Å²) in [5, 5.41) is 11.1. The third kappa shape index (κ3) is 3.66. The molecule has 0 spiro atoms. The van der Waals surface area contributed by atoms with Gasteiger partial charge in [0.05, 0.1) is 0 Å². The number of rotatable bonds is 4. The van der Waals surface area contributed by atoms with Crippen LogP contribution in [0, 0.1) is 13.8 Å². The average molecular weight is 370 g/mol. The van der Waals surface area contributed by atoms with Gasteiger partial charge in [-0.3, -0.25) is 4.79 Å². The third-order valence-electron chi connectivity index (χ3n) is 4.35. The van der Waals surface area contributed by atoms with E-state index in [9.17, 15) is 4.79 Å². The van der Waals surface area contributed by atoms with Crippen LogP contribution in [0.3, 0.4) is 0 Å². The van der Waals surface area contributed by atoms with Gasteiger partial charge in [0.15, 0.2) is 0 Å². The molecule has 4 aromatic rings. The van der Waals surface area contributed by atoms with Gasteiger partial charge >= 0.3 is 0 Å². The zero-order valence-corrected chi connectivity index (χ0v) is 15.5. The molecule has 0 aliphatic heterocycles. The molecule has 0 saturated carbocycles. The fraction of sp³-hybridized carbons (Fsp3) is 0.0909. The van der Waals surface area contributed by atoms with Crippen molar-refractivity contribution in [3.8, 4) is 22.9 Å². The summed E-state index contributed by atoms with van der Waals surface area (Å²) in [6.07, 6.45) is 1.66. The van der Waals surface area contributed by atoms with E-state index in [1.54, 1.807) is 30.5 Å². The molecule has 0 aliphatic carbocycles. The fourth-order valence-corrected chi connectivity index (χ4v) is 2.82. The highest BCUT2D eigenvalue weighted by molar-refractivity contribution is 6.04. The van der Waals surface area contributed by atoms with E-state index < -0.39 is 0 Å². The molecule has 6 heteroatoms. The number of carbonyl (C=O) groups is 1. The standard InChI is InChI=1S/C22H18N4O2/c1-14-11-12-23-19(13-14)24-20(27)16-7-9-17(10-8-16)21-25-26-22(28-21)18-6-4-3-5-15(18)2/h3-13H,1-2H3,(H,23,24,27). The van der Waals surface area contributed by atoms with Crippen LogP contribution >= 0.6 is 0 Å². The molecule has 6 nitrogen and oxygen atoms in total. The molecule has 2 aromatic carbocycles. The number of hydrogen-bond acceptors (Lipinski definition) is 5. The lowest BCUT2D eigenvalue weighted by Crippen LogP contribution is -2.12. The number of aromatic nitrogens is 3. The second-order valence-corrected chi connectivity index (χ2v) is 6.48. The van der Waals surface area contributed by atoms with Gasteiger partial charge in [0.2, 0.25) is 11.8 Å². The van der Waals surface area contributed by atoms with Gasteiger partial charge in [-0.1, -0.05) is 18.2 Å². The largest absolute Gasteiger partial charge is 0.416 e. The first-order chi connectivity index (χ1) is 13.6. The monoisotopic (exact) mass is 370 g/mol. The number of hydrogen-bond donors (Lipinski definition) is 1. The SMILES string of the molecule is Cc1ccnc(NC(=O)c2ccc(-c3nnc(-c4ccccc4C)o3)cc2)c1. The number of amides is 1. The van der Waals surface area contributed by atoms with Crippen LogP contribution in [0.25, 0.3) is 22.9 Å². The van der Waals surface area contributed by atoms with E-state index in [4.69, 9.17) is 4.42 Å². The van der Waals surface area contributed by atoms with Crippen LogP contribution in [-0.4, -0.2) is 21.1 Å². The quantitative estimate of drug-likeness (QED) is 0.565. The maximum atomic E-state index is 12.4. The number of carbonyl (C=O) groups excluding carboxylic acids is 1. The molecule has 1 amide bonds. The maximum Gasteiger partial charge on any atom is 0.256 e. The Balaban J connectivity index is 1.52. The highest BCUT2D eigenvalue weighted by Gasteiger charge is 2.13. The molecule has 0 fully saturated rings. The van der Waals surface area contributed by atoms with Gasteiger partial charge in [0, 0.05) is 22.9 Å². The minimum absolute atomic E-state index is 0.226. The van der Waals surface area contributed by atoms with Crippen LogP contribution in [0.4, 0.5) is 5.82 Å². The molecule has 2 aromatic heterocycles. The first-order valence-corrected chi connectivity index (χ1v) is 8.84. The van der Waals surface area contributed by atoms with Crippen molar-refractivity contribution in [3.63, 3.8) is 0 Å². The first kappa shape index (κ1) is 17.6. The Morgan fingerprint density at radius 3 is 2.43 bits per heavy atom. The van der Waals surface area contributed by atoms with Crippen LogP contribution in [0.5, 0.6) is 0 Å². The van der Waals surface area contributed by atoms with Gasteiger partial charge in [-0.15, -0.1) is 10.2 Å². The second kappa shape index (κ2) is 7.44. The molecule has 138 valence electrons. The van der Waals surface area contributed by atoms with Crippen molar-refractivity contribution in [1.82, 2.24) is 15.2 Å². The summed E-state index contributed by atoms with van der Waals surface area (Å²) in [6, 6.07) is 18.5. The molecule has 0 aliphatic rings. The molecular formula is C22H18N4O2. The zero-order chi connectivity index (χ0) is 19.5. The van der Waals surface area contributed by atoms with Gasteiger partial charge in [0.25, 0.3) is 5.91 Å². The van der Waals surface area contributed by atoms with Gasteiger partial charge in [0.1, 0.15) is 5.82 Å². The Hall–Kier alpha value is -3.80. The Morgan fingerprint density at radius 1 is 0.929 bits per heavy atom. The normalized spacial score (nSPS) is 10.6. The minimum Gasteiger partial charge on any atom is -0.416 e. The number of pyridine rings is 1. The summed E-state index contributed by atoms with van der Waals surface area (Å²) >= 11 is 0. The van der Waals surface area contributed by atoms with Crippen molar-refractivity contribution in [2.75, 3.05) is 5.32 Å². The number of benzene rings is 2. The summed E-state index contributed by atoms with van der Waals surface area (Å²) in [7, 11) is 0. The van der Waals surface area contributed by atoms with Gasteiger partial charge in [-0.25, -0.2) is 4.98 Å². The van der Waals surface area contributed by atoms with E-state index >= 15 is 0 Å². The smallest absolute Gasteiger partial charge is 0.256 e. The molecule has 1 N–H and O–H groups in total. The van der Waals surface area contributed by atoms with Crippen molar-refractivity contribution in [2.24, 2.45) is 0 Å². The van der Waals surface area contributed by atoms with Crippen molar-refractivity contribution in [2.45, 2.75) is 13.8 Å². The molecule has 0 bridgehead atoms. The van der Waals surface area contributed by atoms with Crippen LogP contribution in [0.1, 0.15) is 21.5 Å². The Morgan fingerprint density at radius 2 is 1.68 bits per heavy atom. The number of aryl methyl sites for hydroxylation is 2.